The average molecular weight is 467 g/mol. The molecule has 0 aliphatic rings. The number of nitrogens with zero attached hydrogens (tertiary/aromatic N) is 6. The SMILES string of the molecule is Cc1nnc(N/N=C(\C(=O)[C@@H](C#N)c2ccc(Cl)cc2)[C@H](C#N)c2ccc(Cl)cc2)n1N. The molecule has 11 heteroatoms. The van der Waals surface area contributed by atoms with Crippen molar-refractivity contribution < 1.29 is 4.79 Å². The maximum atomic E-state index is 13.4. The number of nitrogens with one attached hydrogen (secondary N) is 1. The number of carbonyl (C=O) groups is 1. The van der Waals surface area contributed by atoms with Crippen molar-refractivity contribution in [2.75, 3.05) is 11.3 Å². The second-order valence-electron chi connectivity index (χ2n) is 6.64. The Labute approximate surface area is 193 Å². The molecule has 0 amide bonds. The fourth-order valence-electron chi connectivity index (χ4n) is 2.85. The summed E-state index contributed by atoms with van der Waals surface area (Å²) in [7, 11) is 0. The number of nitrogen functional groups attached to an aromatic ring is 1. The predicted octanol–water partition coefficient (Wildman–Crippen LogP) is 3.56. The molecule has 160 valence electrons. The first-order valence-corrected chi connectivity index (χ1v) is 9.96. The highest BCUT2D eigenvalue weighted by molar-refractivity contribution is 6.45. The van der Waals surface area contributed by atoms with Crippen molar-refractivity contribution in [3.05, 3.63) is 75.5 Å². The zero-order chi connectivity index (χ0) is 23.3. The summed E-state index contributed by atoms with van der Waals surface area (Å²) in [5, 5.41) is 32.3. The minimum absolute atomic E-state index is 0.0561. The van der Waals surface area contributed by atoms with Crippen molar-refractivity contribution in [2.45, 2.75) is 18.8 Å². The normalized spacial score (nSPS) is 13.0. The number of rotatable bonds is 7. The van der Waals surface area contributed by atoms with Gasteiger partial charge in [0.1, 0.15) is 17.5 Å². The lowest BCUT2D eigenvalue weighted by molar-refractivity contribution is -0.113. The summed E-state index contributed by atoms with van der Waals surface area (Å²) in [6.07, 6.45) is 0. The van der Waals surface area contributed by atoms with E-state index in [2.05, 4.69) is 26.8 Å². The molecule has 0 saturated heterocycles. The summed E-state index contributed by atoms with van der Waals surface area (Å²) in [6.45, 7) is 1.63. The third-order valence-electron chi connectivity index (χ3n) is 4.60. The quantitative estimate of drug-likeness (QED) is 0.307. The van der Waals surface area contributed by atoms with Gasteiger partial charge in [0.05, 0.1) is 12.1 Å². The Morgan fingerprint density at radius 1 is 1.00 bits per heavy atom. The molecule has 1 aromatic heterocycles. The number of nitriles is 2. The highest BCUT2D eigenvalue weighted by atomic mass is 35.5. The number of halogens is 2. The van der Waals surface area contributed by atoms with Crippen LogP contribution < -0.4 is 11.3 Å². The Bertz CT molecular complexity index is 1240. The second-order valence-corrected chi connectivity index (χ2v) is 7.51. The first-order chi connectivity index (χ1) is 15.3. The fourth-order valence-corrected chi connectivity index (χ4v) is 3.11. The van der Waals surface area contributed by atoms with Gasteiger partial charge in [0, 0.05) is 10.0 Å². The van der Waals surface area contributed by atoms with E-state index in [-0.39, 0.29) is 11.7 Å². The molecular weight excluding hydrogens is 451 g/mol. The molecule has 1 heterocycles. The van der Waals surface area contributed by atoms with E-state index in [4.69, 9.17) is 29.0 Å². The zero-order valence-corrected chi connectivity index (χ0v) is 18.2. The third-order valence-corrected chi connectivity index (χ3v) is 5.10. The summed E-state index contributed by atoms with van der Waals surface area (Å²) in [4.78, 5) is 13.4. The Hall–Kier alpha value is -3.92. The molecule has 9 nitrogen and oxygen atoms in total. The molecule has 0 fully saturated rings. The van der Waals surface area contributed by atoms with Gasteiger partial charge in [-0.15, -0.1) is 10.2 Å². The number of hydrazone groups is 1. The van der Waals surface area contributed by atoms with Gasteiger partial charge in [0.15, 0.2) is 5.82 Å². The molecule has 0 saturated carbocycles. The summed E-state index contributed by atoms with van der Waals surface area (Å²) >= 11 is 11.9. The molecular formula is C21H16Cl2N8O. The van der Waals surface area contributed by atoms with E-state index in [0.29, 0.717) is 27.0 Å². The number of benzene rings is 2. The third kappa shape index (κ3) is 4.86. The van der Waals surface area contributed by atoms with Crippen LogP contribution in [0, 0.1) is 29.6 Å². The van der Waals surface area contributed by atoms with Crippen molar-refractivity contribution in [1.29, 1.82) is 10.5 Å². The van der Waals surface area contributed by atoms with Crippen LogP contribution in [0.2, 0.25) is 10.0 Å². The highest BCUT2D eigenvalue weighted by Crippen LogP contribution is 2.26. The number of anilines is 1. The van der Waals surface area contributed by atoms with Crippen LogP contribution in [0.1, 0.15) is 28.8 Å². The molecule has 0 aliphatic heterocycles. The predicted molar refractivity (Wildman–Crippen MR) is 121 cm³/mol. The average Bonchev–Trinajstić information content (AvgIpc) is 3.11. The van der Waals surface area contributed by atoms with Crippen molar-refractivity contribution >= 4 is 40.6 Å². The van der Waals surface area contributed by atoms with E-state index in [9.17, 15) is 15.3 Å². The summed E-state index contributed by atoms with van der Waals surface area (Å²) in [6, 6.07) is 16.8. The molecule has 2 atom stereocenters. The van der Waals surface area contributed by atoms with Crippen LogP contribution in [0.15, 0.2) is 53.6 Å². The number of ketones is 1. The molecule has 0 bridgehead atoms. The first-order valence-electron chi connectivity index (χ1n) is 9.20. The highest BCUT2D eigenvalue weighted by Gasteiger charge is 2.32. The van der Waals surface area contributed by atoms with Crippen LogP contribution in [0.4, 0.5) is 5.95 Å². The summed E-state index contributed by atoms with van der Waals surface area (Å²) < 4.78 is 1.14. The fraction of sp³-hybridized carbons (Fsp3) is 0.143. The number of Topliss-reactive ketones (excluding diaryl/α,β-unsaturated/α-hetero) is 1. The Kier molecular flexibility index (Phi) is 7.06. The largest absolute Gasteiger partial charge is 0.335 e. The van der Waals surface area contributed by atoms with Crippen molar-refractivity contribution in [3.63, 3.8) is 0 Å². The maximum Gasteiger partial charge on any atom is 0.263 e. The van der Waals surface area contributed by atoms with Gasteiger partial charge in [-0.05, 0) is 42.3 Å². The lowest BCUT2D eigenvalue weighted by Crippen LogP contribution is -2.28. The smallest absolute Gasteiger partial charge is 0.263 e. The summed E-state index contributed by atoms with van der Waals surface area (Å²) in [5.41, 5.74) is 3.27. The van der Waals surface area contributed by atoms with Gasteiger partial charge < -0.3 is 5.84 Å². The number of aromatic nitrogens is 3. The Balaban J connectivity index is 2.06. The zero-order valence-electron chi connectivity index (χ0n) is 16.7. The molecule has 0 aliphatic carbocycles. The monoisotopic (exact) mass is 466 g/mol. The van der Waals surface area contributed by atoms with Crippen LogP contribution in [0.5, 0.6) is 0 Å². The molecule has 3 rings (SSSR count). The van der Waals surface area contributed by atoms with Gasteiger partial charge >= 0.3 is 0 Å². The van der Waals surface area contributed by atoms with Gasteiger partial charge in [-0.2, -0.15) is 15.6 Å². The van der Waals surface area contributed by atoms with E-state index >= 15 is 0 Å². The van der Waals surface area contributed by atoms with Gasteiger partial charge in [-0.1, -0.05) is 47.5 Å². The second kappa shape index (κ2) is 9.92. The molecule has 0 unspecified atom stereocenters. The standard InChI is InChI=1S/C21H16Cl2N8O/c1-12-27-29-21(31(12)26)30-28-19(17(10-24)13-2-6-15(22)7-3-13)20(32)18(11-25)14-4-8-16(23)9-5-14/h2-9,17-18H,26H2,1H3,(H,29,30)/b28-19-/t17-,18+/m1/s1. The minimum atomic E-state index is -1.21. The number of aryl methyl sites for hydroxylation is 1. The van der Waals surface area contributed by atoms with Crippen LogP contribution in [0.25, 0.3) is 0 Å². The Morgan fingerprint density at radius 2 is 1.50 bits per heavy atom. The van der Waals surface area contributed by atoms with Crippen molar-refractivity contribution in [3.8, 4) is 12.1 Å². The Morgan fingerprint density at radius 3 is 1.94 bits per heavy atom. The van der Waals surface area contributed by atoms with Gasteiger partial charge in [-0.25, -0.2) is 10.1 Å². The lowest BCUT2D eigenvalue weighted by atomic mass is 9.86. The number of nitrogens with two attached hydrogens (primary N) is 1. The lowest BCUT2D eigenvalue weighted by Gasteiger charge is -2.16. The molecule has 2 aromatic carbocycles. The van der Waals surface area contributed by atoms with E-state index in [1.165, 1.54) is 0 Å². The van der Waals surface area contributed by atoms with Crippen molar-refractivity contribution in [2.24, 2.45) is 5.10 Å². The molecule has 3 aromatic rings. The molecule has 0 spiro atoms. The van der Waals surface area contributed by atoms with E-state index in [1.54, 1.807) is 55.5 Å². The van der Waals surface area contributed by atoms with Crippen LogP contribution in [0.3, 0.4) is 0 Å². The van der Waals surface area contributed by atoms with E-state index < -0.39 is 17.6 Å². The minimum Gasteiger partial charge on any atom is -0.335 e. The molecule has 32 heavy (non-hydrogen) atoms. The molecule has 0 radical (unpaired) electrons. The number of hydrogen-bond donors (Lipinski definition) is 2. The van der Waals surface area contributed by atoms with Gasteiger partial charge in [0.2, 0.25) is 5.78 Å². The maximum absolute atomic E-state index is 13.4. The number of carbonyl (C=O) groups excluding carboxylic acids is 1. The first kappa shape index (κ1) is 22.8. The van der Waals surface area contributed by atoms with Crippen LogP contribution >= 0.6 is 23.2 Å². The summed E-state index contributed by atoms with van der Waals surface area (Å²) in [5.74, 6) is 3.31. The van der Waals surface area contributed by atoms with Gasteiger partial charge in [-0.3, -0.25) is 4.79 Å². The van der Waals surface area contributed by atoms with Crippen LogP contribution in [-0.2, 0) is 4.79 Å². The van der Waals surface area contributed by atoms with E-state index in [1.807, 2.05) is 6.07 Å². The van der Waals surface area contributed by atoms with Crippen molar-refractivity contribution in [1.82, 2.24) is 14.9 Å². The topological polar surface area (TPSA) is 146 Å². The number of hydrogen-bond acceptors (Lipinski definition) is 8. The van der Waals surface area contributed by atoms with Gasteiger partial charge in [0.25, 0.3) is 5.95 Å². The molecule has 3 N–H and O–H groups in total. The van der Waals surface area contributed by atoms with E-state index in [0.717, 1.165) is 4.68 Å². The van der Waals surface area contributed by atoms with Crippen LogP contribution in [-0.4, -0.2) is 26.4 Å².